The van der Waals surface area contributed by atoms with E-state index in [0.29, 0.717) is 24.9 Å². The van der Waals surface area contributed by atoms with E-state index in [2.05, 4.69) is 11.9 Å². The summed E-state index contributed by atoms with van der Waals surface area (Å²) in [7, 11) is 0. The number of piperidine rings is 1. The van der Waals surface area contributed by atoms with Crippen LogP contribution in [-0.2, 0) is 14.3 Å². The van der Waals surface area contributed by atoms with E-state index in [-0.39, 0.29) is 31.6 Å². The van der Waals surface area contributed by atoms with Gasteiger partial charge in [0.2, 0.25) is 5.91 Å². The molecule has 0 aromatic heterocycles. The van der Waals surface area contributed by atoms with Crippen LogP contribution in [0.15, 0.2) is 36.9 Å². The van der Waals surface area contributed by atoms with Gasteiger partial charge in [-0.15, -0.1) is 6.58 Å². The van der Waals surface area contributed by atoms with Gasteiger partial charge in [0.1, 0.15) is 0 Å². The Bertz CT molecular complexity index is 686. The molecule has 1 fully saturated rings. The van der Waals surface area contributed by atoms with Crippen LogP contribution in [-0.4, -0.2) is 60.1 Å². The standard InChI is InChI=1S/C20H26N2O5/c1-3-11-27-13-17(20(25)26)21-18(23)16-5-4-10-22(12-16)19(24)15-8-6-14(2)7-9-15/h3,6-9,16-17H,1,4-5,10-13H2,2H3,(H,21,23)(H,25,26). The van der Waals surface area contributed by atoms with Gasteiger partial charge in [0.25, 0.3) is 5.91 Å². The van der Waals surface area contributed by atoms with Crippen LogP contribution in [0.5, 0.6) is 0 Å². The fraction of sp³-hybridized carbons (Fsp3) is 0.450. The minimum atomic E-state index is -1.16. The molecule has 0 aliphatic carbocycles. The Kier molecular flexibility index (Phi) is 7.55. The normalized spacial score (nSPS) is 17.8. The highest BCUT2D eigenvalue weighted by Crippen LogP contribution is 2.19. The van der Waals surface area contributed by atoms with Gasteiger partial charge < -0.3 is 20.1 Å². The second-order valence-corrected chi connectivity index (χ2v) is 6.68. The molecule has 2 rings (SSSR count). The maximum absolute atomic E-state index is 12.7. The maximum atomic E-state index is 12.7. The number of carbonyl (C=O) groups excluding carboxylic acids is 2. The summed E-state index contributed by atoms with van der Waals surface area (Å²) in [6.07, 6.45) is 2.82. The van der Waals surface area contributed by atoms with Crippen LogP contribution in [0.1, 0.15) is 28.8 Å². The average Bonchev–Trinajstić information content (AvgIpc) is 2.67. The number of nitrogens with zero attached hydrogens (tertiary/aromatic N) is 1. The molecule has 27 heavy (non-hydrogen) atoms. The molecular weight excluding hydrogens is 348 g/mol. The number of likely N-dealkylation sites (tertiary alicyclic amines) is 1. The molecule has 1 aromatic rings. The molecule has 2 N–H and O–H groups in total. The first-order chi connectivity index (χ1) is 12.9. The number of hydrogen-bond acceptors (Lipinski definition) is 4. The van der Waals surface area contributed by atoms with Crippen molar-refractivity contribution < 1.29 is 24.2 Å². The van der Waals surface area contributed by atoms with Gasteiger partial charge in [-0.05, 0) is 31.9 Å². The van der Waals surface area contributed by atoms with Crippen LogP contribution in [0, 0.1) is 12.8 Å². The van der Waals surface area contributed by atoms with Crippen molar-refractivity contribution in [1.82, 2.24) is 10.2 Å². The van der Waals surface area contributed by atoms with Crippen molar-refractivity contribution in [3.8, 4) is 0 Å². The number of benzene rings is 1. The third kappa shape index (κ3) is 5.92. The summed E-state index contributed by atoms with van der Waals surface area (Å²) in [6.45, 7) is 6.38. The number of aliphatic carboxylic acids is 1. The summed E-state index contributed by atoms with van der Waals surface area (Å²) < 4.78 is 5.14. The highest BCUT2D eigenvalue weighted by molar-refractivity contribution is 5.95. The number of carboxylic acids is 1. The Morgan fingerprint density at radius 3 is 2.70 bits per heavy atom. The highest BCUT2D eigenvalue weighted by atomic mass is 16.5. The van der Waals surface area contributed by atoms with Crippen molar-refractivity contribution in [2.24, 2.45) is 5.92 Å². The molecule has 1 saturated heterocycles. The van der Waals surface area contributed by atoms with E-state index in [1.807, 2.05) is 19.1 Å². The zero-order valence-electron chi connectivity index (χ0n) is 15.5. The van der Waals surface area contributed by atoms with Gasteiger partial charge in [-0.1, -0.05) is 23.8 Å². The van der Waals surface area contributed by atoms with Crippen LogP contribution in [0.2, 0.25) is 0 Å². The monoisotopic (exact) mass is 374 g/mol. The van der Waals surface area contributed by atoms with Gasteiger partial charge in [0, 0.05) is 18.7 Å². The zero-order valence-corrected chi connectivity index (χ0v) is 15.5. The van der Waals surface area contributed by atoms with Gasteiger partial charge >= 0.3 is 5.97 Å². The number of nitrogens with one attached hydrogen (secondary N) is 1. The Hall–Kier alpha value is -2.67. The third-order valence-electron chi connectivity index (χ3n) is 4.51. The van der Waals surface area contributed by atoms with Gasteiger partial charge in [-0.3, -0.25) is 9.59 Å². The minimum Gasteiger partial charge on any atom is -0.480 e. The summed E-state index contributed by atoms with van der Waals surface area (Å²) in [5.74, 6) is -2.08. The van der Waals surface area contributed by atoms with Crippen molar-refractivity contribution in [3.63, 3.8) is 0 Å². The molecule has 2 atom stereocenters. The lowest BCUT2D eigenvalue weighted by Gasteiger charge is -2.32. The van der Waals surface area contributed by atoms with Crippen molar-refractivity contribution in [2.45, 2.75) is 25.8 Å². The first-order valence-electron chi connectivity index (χ1n) is 9.00. The summed E-state index contributed by atoms with van der Waals surface area (Å²) in [5.41, 5.74) is 1.66. The average molecular weight is 374 g/mol. The first kappa shape index (κ1) is 20.6. The lowest BCUT2D eigenvalue weighted by molar-refractivity contribution is -0.144. The largest absolute Gasteiger partial charge is 0.480 e. The Balaban J connectivity index is 1.96. The Labute approximate surface area is 159 Å². The van der Waals surface area contributed by atoms with Gasteiger partial charge in [0.15, 0.2) is 6.04 Å². The smallest absolute Gasteiger partial charge is 0.328 e. The number of carbonyl (C=O) groups is 3. The molecule has 1 aromatic carbocycles. The van der Waals surface area contributed by atoms with Crippen LogP contribution in [0.3, 0.4) is 0 Å². The van der Waals surface area contributed by atoms with E-state index >= 15 is 0 Å². The molecule has 2 unspecified atom stereocenters. The number of aryl methyl sites for hydroxylation is 1. The van der Waals surface area contributed by atoms with Crippen molar-refractivity contribution >= 4 is 17.8 Å². The van der Waals surface area contributed by atoms with Crippen LogP contribution >= 0.6 is 0 Å². The fourth-order valence-corrected chi connectivity index (χ4v) is 2.99. The molecule has 7 nitrogen and oxygen atoms in total. The number of ether oxygens (including phenoxy) is 1. The lowest BCUT2D eigenvalue weighted by atomic mass is 9.96. The molecular formula is C20H26N2O5. The predicted molar refractivity (Wildman–Crippen MR) is 100 cm³/mol. The van der Waals surface area contributed by atoms with Gasteiger partial charge in [0.05, 0.1) is 19.1 Å². The summed E-state index contributed by atoms with van der Waals surface area (Å²) >= 11 is 0. The first-order valence-corrected chi connectivity index (χ1v) is 9.00. The van der Waals surface area contributed by atoms with Crippen molar-refractivity contribution in [2.75, 3.05) is 26.3 Å². The number of hydrogen-bond donors (Lipinski definition) is 2. The van der Waals surface area contributed by atoms with E-state index in [1.165, 1.54) is 6.08 Å². The SMILES string of the molecule is C=CCOCC(NC(=O)C1CCCN(C(=O)c2ccc(C)cc2)C1)C(=O)O. The summed E-state index contributed by atoms with van der Waals surface area (Å²) in [6, 6.07) is 6.18. The molecule has 1 heterocycles. The molecule has 0 bridgehead atoms. The zero-order chi connectivity index (χ0) is 19.8. The molecule has 2 amide bonds. The summed E-state index contributed by atoms with van der Waals surface area (Å²) in [5, 5.41) is 11.8. The minimum absolute atomic E-state index is 0.114. The summed E-state index contributed by atoms with van der Waals surface area (Å²) in [4.78, 5) is 38.1. The van der Waals surface area contributed by atoms with E-state index in [9.17, 15) is 19.5 Å². The number of amides is 2. The van der Waals surface area contributed by atoms with E-state index in [0.717, 1.165) is 5.56 Å². The van der Waals surface area contributed by atoms with Gasteiger partial charge in [-0.2, -0.15) is 0 Å². The topological polar surface area (TPSA) is 95.9 Å². The second kappa shape index (κ2) is 9.87. The maximum Gasteiger partial charge on any atom is 0.328 e. The molecule has 0 radical (unpaired) electrons. The van der Waals surface area contributed by atoms with E-state index < -0.39 is 17.9 Å². The fourth-order valence-electron chi connectivity index (χ4n) is 2.99. The molecule has 1 aliphatic rings. The van der Waals surface area contributed by atoms with E-state index in [4.69, 9.17) is 4.74 Å². The Morgan fingerprint density at radius 2 is 2.07 bits per heavy atom. The Morgan fingerprint density at radius 1 is 1.37 bits per heavy atom. The quantitative estimate of drug-likeness (QED) is 0.532. The van der Waals surface area contributed by atoms with Crippen molar-refractivity contribution in [1.29, 1.82) is 0 Å². The third-order valence-corrected chi connectivity index (χ3v) is 4.51. The van der Waals surface area contributed by atoms with Crippen LogP contribution in [0.25, 0.3) is 0 Å². The van der Waals surface area contributed by atoms with Gasteiger partial charge in [-0.25, -0.2) is 4.79 Å². The lowest BCUT2D eigenvalue weighted by Crippen LogP contribution is -2.50. The molecule has 0 spiro atoms. The van der Waals surface area contributed by atoms with Crippen LogP contribution in [0.4, 0.5) is 0 Å². The predicted octanol–water partition coefficient (Wildman–Crippen LogP) is 1.62. The number of rotatable bonds is 8. The van der Waals surface area contributed by atoms with Crippen molar-refractivity contribution in [3.05, 3.63) is 48.0 Å². The molecule has 146 valence electrons. The van der Waals surface area contributed by atoms with Crippen LogP contribution < -0.4 is 5.32 Å². The number of carboxylic acid groups (broad SMARTS) is 1. The second-order valence-electron chi connectivity index (χ2n) is 6.68. The molecule has 7 heteroatoms. The molecule has 0 saturated carbocycles. The molecule has 1 aliphatic heterocycles. The van der Waals surface area contributed by atoms with E-state index in [1.54, 1.807) is 17.0 Å². The highest BCUT2D eigenvalue weighted by Gasteiger charge is 2.31.